The van der Waals surface area contributed by atoms with Crippen molar-refractivity contribution in [3.05, 3.63) is 39.3 Å². The Balaban J connectivity index is 2.30. The number of sulfonamides is 1. The van der Waals surface area contributed by atoms with Gasteiger partial charge in [-0.15, -0.1) is 11.3 Å². The van der Waals surface area contributed by atoms with Crippen molar-refractivity contribution in [1.29, 1.82) is 0 Å². The molecule has 6 nitrogen and oxygen atoms in total. The number of aromatic nitrogens is 1. The zero-order chi connectivity index (χ0) is 16.5. The lowest BCUT2D eigenvalue weighted by Crippen LogP contribution is -2.23. The van der Waals surface area contributed by atoms with Gasteiger partial charge >= 0.3 is 0 Å². The molecule has 22 heavy (non-hydrogen) atoms. The molecule has 0 saturated heterocycles. The molecular weight excluding hydrogens is 406 g/mol. The van der Waals surface area contributed by atoms with Gasteiger partial charge in [-0.2, -0.15) is 0 Å². The first-order valence-corrected chi connectivity index (χ1v) is 8.60. The highest BCUT2D eigenvalue weighted by Crippen LogP contribution is 2.26. The van der Waals surface area contributed by atoms with E-state index in [1.165, 1.54) is 0 Å². The van der Waals surface area contributed by atoms with Crippen LogP contribution >= 0.6 is 27.3 Å². The van der Waals surface area contributed by atoms with Gasteiger partial charge in [-0.3, -0.25) is 4.72 Å². The molecule has 0 fully saturated rings. The first-order valence-electron chi connectivity index (χ1n) is 5.51. The van der Waals surface area contributed by atoms with Gasteiger partial charge in [-0.25, -0.2) is 22.2 Å². The second-order valence-electron chi connectivity index (χ2n) is 3.98. The average molecular weight is 412 g/mol. The van der Waals surface area contributed by atoms with Crippen molar-refractivity contribution in [3.63, 3.8) is 0 Å². The van der Waals surface area contributed by atoms with E-state index in [-0.39, 0.29) is 14.5 Å². The normalized spacial score (nSPS) is 11.4. The fourth-order valence-corrected chi connectivity index (χ4v) is 3.89. The Hall–Kier alpha value is -1.59. The second-order valence-corrected chi connectivity index (χ2v) is 7.60. The maximum absolute atomic E-state index is 13.7. The molecule has 1 aromatic heterocycles. The van der Waals surface area contributed by atoms with Gasteiger partial charge in [0, 0.05) is 23.5 Å². The van der Waals surface area contributed by atoms with Gasteiger partial charge < -0.3 is 9.90 Å². The van der Waals surface area contributed by atoms with Crippen LogP contribution in [0.15, 0.2) is 27.7 Å². The van der Waals surface area contributed by atoms with Crippen LogP contribution in [0, 0.1) is 11.6 Å². The number of hydrogen-bond acceptors (Lipinski definition) is 6. The van der Waals surface area contributed by atoms with Crippen molar-refractivity contribution in [1.82, 2.24) is 4.98 Å². The van der Waals surface area contributed by atoms with E-state index in [4.69, 9.17) is 0 Å². The molecule has 1 aromatic carbocycles. The number of benzene rings is 1. The average Bonchev–Trinajstić information content (AvgIpc) is 2.79. The van der Waals surface area contributed by atoms with E-state index in [0.29, 0.717) is 12.1 Å². The molecule has 0 saturated carbocycles. The third-order valence-electron chi connectivity index (χ3n) is 2.36. The van der Waals surface area contributed by atoms with E-state index in [1.807, 2.05) is 4.72 Å². The maximum atomic E-state index is 13.7. The first-order chi connectivity index (χ1) is 10.2. The summed E-state index contributed by atoms with van der Waals surface area (Å²) >= 11 is 3.49. The third-order valence-corrected chi connectivity index (χ3v) is 5.36. The topological polar surface area (TPSA) is 99.2 Å². The third kappa shape index (κ3) is 3.78. The summed E-state index contributed by atoms with van der Waals surface area (Å²) in [6, 6.07) is 1.21. The highest BCUT2D eigenvalue weighted by molar-refractivity contribution is 9.10. The van der Waals surface area contributed by atoms with Crippen molar-refractivity contribution in [2.24, 2.45) is 0 Å². The number of thiazole rings is 1. The lowest BCUT2D eigenvalue weighted by Gasteiger charge is -2.07. The van der Waals surface area contributed by atoms with Crippen LogP contribution in [-0.2, 0) is 21.2 Å². The van der Waals surface area contributed by atoms with Crippen LogP contribution < -0.4 is 9.83 Å². The van der Waals surface area contributed by atoms with Gasteiger partial charge in [0.25, 0.3) is 10.0 Å². The lowest BCUT2D eigenvalue weighted by atomic mass is 10.3. The summed E-state index contributed by atoms with van der Waals surface area (Å²) in [5, 5.41) is 10.3. The van der Waals surface area contributed by atoms with Crippen molar-refractivity contribution in [2.75, 3.05) is 4.72 Å². The molecule has 0 aliphatic carbocycles. The van der Waals surface area contributed by atoms with Crippen LogP contribution in [0.4, 0.5) is 13.9 Å². The molecule has 0 spiro atoms. The minimum absolute atomic E-state index is 0.168. The summed E-state index contributed by atoms with van der Waals surface area (Å²) < 4.78 is 52.9. The van der Waals surface area contributed by atoms with Crippen molar-refractivity contribution < 1.29 is 27.1 Å². The summed E-state index contributed by atoms with van der Waals surface area (Å²) in [5.74, 6) is -3.44. The van der Waals surface area contributed by atoms with Crippen LogP contribution in [-0.4, -0.2) is 19.4 Å². The van der Waals surface area contributed by atoms with Crippen LogP contribution in [0.3, 0.4) is 0 Å². The molecule has 1 N–H and O–H groups in total. The quantitative estimate of drug-likeness (QED) is 0.746. The molecule has 1 heterocycles. The largest absolute Gasteiger partial charge is 0.550 e. The van der Waals surface area contributed by atoms with Crippen molar-refractivity contribution >= 4 is 48.4 Å². The minimum Gasteiger partial charge on any atom is -0.550 e. The Morgan fingerprint density at radius 1 is 1.36 bits per heavy atom. The van der Waals surface area contributed by atoms with E-state index >= 15 is 0 Å². The molecule has 0 amide bonds. The number of rotatable bonds is 5. The SMILES string of the molecule is O=C([O-])Cc1cnc(NS(=O)(=O)c2cc(F)c(Br)cc2F)s1. The summed E-state index contributed by atoms with van der Waals surface area (Å²) in [7, 11) is -4.40. The van der Waals surface area contributed by atoms with Gasteiger partial charge in [0.1, 0.15) is 16.5 Å². The van der Waals surface area contributed by atoms with Crippen molar-refractivity contribution in [3.8, 4) is 0 Å². The zero-order valence-corrected chi connectivity index (χ0v) is 13.7. The summed E-state index contributed by atoms with van der Waals surface area (Å²) in [4.78, 5) is 13.5. The highest BCUT2D eigenvalue weighted by atomic mass is 79.9. The molecule has 2 rings (SSSR count). The van der Waals surface area contributed by atoms with Crippen LogP contribution in [0.5, 0.6) is 0 Å². The standard InChI is InChI=1S/C11H7BrF2N2O4S2/c12-6-2-8(14)9(3-7(6)13)22(19,20)16-11-15-4-5(21-11)1-10(17)18/h2-4H,1H2,(H,15,16)(H,17,18)/p-1. The summed E-state index contributed by atoms with van der Waals surface area (Å²) in [6.45, 7) is 0. The number of aliphatic carboxylic acids is 1. The Morgan fingerprint density at radius 2 is 2.05 bits per heavy atom. The summed E-state index contributed by atoms with van der Waals surface area (Å²) in [5.41, 5.74) is 0. The van der Waals surface area contributed by atoms with E-state index in [1.54, 1.807) is 0 Å². The van der Waals surface area contributed by atoms with E-state index in [9.17, 15) is 27.1 Å². The molecule has 0 bridgehead atoms. The molecule has 0 unspecified atom stereocenters. The molecule has 11 heteroatoms. The van der Waals surface area contributed by atoms with E-state index < -0.39 is 38.9 Å². The van der Waals surface area contributed by atoms with Gasteiger partial charge in [0.05, 0.1) is 4.47 Å². The van der Waals surface area contributed by atoms with E-state index in [2.05, 4.69) is 20.9 Å². The van der Waals surface area contributed by atoms with Gasteiger partial charge in [-0.05, 0) is 28.1 Å². The number of carboxylic acids is 1. The smallest absolute Gasteiger partial charge is 0.266 e. The zero-order valence-electron chi connectivity index (χ0n) is 10.5. The number of nitrogens with zero attached hydrogens (tertiary/aromatic N) is 1. The minimum atomic E-state index is -4.40. The Labute approximate surface area is 136 Å². The van der Waals surface area contributed by atoms with Gasteiger partial charge in [0.15, 0.2) is 5.13 Å². The highest BCUT2D eigenvalue weighted by Gasteiger charge is 2.22. The Kier molecular flexibility index (Phi) is 4.78. The Morgan fingerprint density at radius 3 is 2.68 bits per heavy atom. The number of carboxylic acid groups (broad SMARTS) is 1. The molecule has 0 aliphatic rings. The van der Waals surface area contributed by atoms with Gasteiger partial charge in [0.2, 0.25) is 0 Å². The fourth-order valence-electron chi connectivity index (χ4n) is 1.46. The number of anilines is 1. The predicted molar refractivity (Wildman–Crippen MR) is 75.7 cm³/mol. The fraction of sp³-hybridized carbons (Fsp3) is 0.0909. The monoisotopic (exact) mass is 411 g/mol. The number of carbonyl (C=O) groups excluding carboxylic acids is 1. The molecule has 0 atom stereocenters. The number of hydrogen-bond donors (Lipinski definition) is 1. The van der Waals surface area contributed by atoms with E-state index in [0.717, 1.165) is 17.5 Å². The molecule has 0 aliphatic heterocycles. The number of nitrogens with one attached hydrogen (secondary N) is 1. The van der Waals surface area contributed by atoms with Crippen LogP contribution in [0.2, 0.25) is 0 Å². The molecular formula is C11H6BrF2N2O4S2-. The second kappa shape index (κ2) is 6.26. The molecule has 2 aromatic rings. The van der Waals surface area contributed by atoms with Crippen LogP contribution in [0.25, 0.3) is 0 Å². The lowest BCUT2D eigenvalue weighted by molar-refractivity contribution is -0.304. The van der Waals surface area contributed by atoms with Crippen molar-refractivity contribution in [2.45, 2.75) is 11.3 Å². The van der Waals surface area contributed by atoms with Gasteiger partial charge in [-0.1, -0.05) is 0 Å². The first kappa shape index (κ1) is 16.8. The van der Waals surface area contributed by atoms with Crippen LogP contribution in [0.1, 0.15) is 4.88 Å². The Bertz CT molecular complexity index is 839. The molecule has 0 radical (unpaired) electrons. The number of carbonyl (C=O) groups is 1. The number of halogens is 3. The summed E-state index contributed by atoms with van der Waals surface area (Å²) in [6.07, 6.45) is 0.720. The molecule has 118 valence electrons. The predicted octanol–water partition coefficient (Wildman–Crippen LogP) is 1.28. The maximum Gasteiger partial charge on any atom is 0.266 e.